The molecule has 4 nitrogen and oxygen atoms in total. The van der Waals surface area contributed by atoms with Crippen LogP contribution in [0, 0.1) is 5.92 Å². The largest absolute Gasteiger partial charge is 0.396 e. The van der Waals surface area contributed by atoms with Crippen molar-refractivity contribution in [1.29, 1.82) is 0 Å². The predicted octanol–water partition coefficient (Wildman–Crippen LogP) is 1.11. The molecule has 0 saturated carbocycles. The lowest BCUT2D eigenvalue weighted by molar-refractivity contribution is 0.249. The Hall–Kier alpha value is -0.870. The molecule has 2 rings (SSSR count). The maximum absolute atomic E-state index is 8.91. The van der Waals surface area contributed by atoms with Crippen LogP contribution in [0.25, 0.3) is 0 Å². The van der Waals surface area contributed by atoms with Crippen molar-refractivity contribution in [3.8, 4) is 0 Å². The molecule has 1 saturated heterocycles. The molecule has 1 aromatic heterocycles. The Bertz CT molecular complexity index is 324. The minimum absolute atomic E-state index is 0.326. The van der Waals surface area contributed by atoms with E-state index >= 15 is 0 Å². The molecule has 1 N–H and O–H groups in total. The van der Waals surface area contributed by atoms with E-state index in [0.717, 1.165) is 32.6 Å². The van der Waals surface area contributed by atoms with Crippen molar-refractivity contribution < 1.29 is 5.11 Å². The van der Waals surface area contributed by atoms with Gasteiger partial charge < -0.3 is 5.11 Å². The summed E-state index contributed by atoms with van der Waals surface area (Å²) in [4.78, 5) is 2.46. The number of hydrogen-bond acceptors (Lipinski definition) is 3. The van der Waals surface area contributed by atoms with Crippen molar-refractivity contribution in [3.05, 3.63) is 18.0 Å². The molecule has 0 aromatic carbocycles. The summed E-state index contributed by atoms with van der Waals surface area (Å²) in [5.41, 5.74) is 1.30. The van der Waals surface area contributed by atoms with Gasteiger partial charge in [0.15, 0.2) is 0 Å². The lowest BCUT2D eigenvalue weighted by Gasteiger charge is -2.14. The molecule has 0 radical (unpaired) electrons. The molecule has 1 aliphatic rings. The van der Waals surface area contributed by atoms with Gasteiger partial charge in [0, 0.05) is 38.0 Å². The second kappa shape index (κ2) is 5.46. The molecule has 0 spiro atoms. The normalized spacial score (nSPS) is 21.8. The van der Waals surface area contributed by atoms with Crippen molar-refractivity contribution >= 4 is 0 Å². The summed E-state index contributed by atoms with van der Waals surface area (Å²) in [7, 11) is 0. The predicted molar refractivity (Wildman–Crippen MR) is 63.0 cm³/mol. The summed E-state index contributed by atoms with van der Waals surface area (Å²) in [5, 5.41) is 13.2. The van der Waals surface area contributed by atoms with Crippen LogP contribution in [0.1, 0.15) is 25.3 Å². The van der Waals surface area contributed by atoms with E-state index < -0.39 is 0 Å². The maximum Gasteiger partial charge on any atom is 0.0534 e. The van der Waals surface area contributed by atoms with Crippen LogP contribution in [0.4, 0.5) is 0 Å². The van der Waals surface area contributed by atoms with Gasteiger partial charge in [-0.1, -0.05) is 0 Å². The van der Waals surface area contributed by atoms with Gasteiger partial charge in [0.2, 0.25) is 0 Å². The van der Waals surface area contributed by atoms with Gasteiger partial charge in [-0.05, 0) is 32.2 Å². The Labute approximate surface area is 96.9 Å². The summed E-state index contributed by atoms with van der Waals surface area (Å²) in [5.74, 6) is 0.686. The highest BCUT2D eigenvalue weighted by Crippen LogP contribution is 2.20. The van der Waals surface area contributed by atoms with Crippen LogP contribution >= 0.6 is 0 Å². The van der Waals surface area contributed by atoms with E-state index in [2.05, 4.69) is 23.1 Å². The maximum atomic E-state index is 8.91. The van der Waals surface area contributed by atoms with Crippen molar-refractivity contribution in [2.24, 2.45) is 5.92 Å². The minimum Gasteiger partial charge on any atom is -0.396 e. The molecule has 1 unspecified atom stereocenters. The SMILES string of the molecule is CCn1cc(CN2CCC(CCO)C2)cn1. The highest BCUT2D eigenvalue weighted by atomic mass is 16.3. The molecule has 0 bridgehead atoms. The number of aryl methyl sites for hydroxylation is 1. The second-order valence-corrected chi connectivity index (χ2v) is 4.61. The summed E-state index contributed by atoms with van der Waals surface area (Å²) in [6.07, 6.45) is 6.26. The molecule has 2 heterocycles. The van der Waals surface area contributed by atoms with E-state index in [9.17, 15) is 0 Å². The monoisotopic (exact) mass is 223 g/mol. The van der Waals surface area contributed by atoms with Gasteiger partial charge in [-0.3, -0.25) is 9.58 Å². The number of aliphatic hydroxyl groups excluding tert-OH is 1. The highest BCUT2D eigenvalue weighted by Gasteiger charge is 2.21. The fourth-order valence-corrected chi connectivity index (χ4v) is 2.39. The lowest BCUT2D eigenvalue weighted by Crippen LogP contribution is -2.20. The number of hydrogen-bond donors (Lipinski definition) is 1. The third-order valence-electron chi connectivity index (χ3n) is 3.32. The number of nitrogens with zero attached hydrogens (tertiary/aromatic N) is 3. The third kappa shape index (κ3) is 2.83. The first-order valence-corrected chi connectivity index (χ1v) is 6.16. The first-order chi connectivity index (χ1) is 7.81. The zero-order valence-corrected chi connectivity index (χ0v) is 9.97. The number of aliphatic hydroxyl groups is 1. The van der Waals surface area contributed by atoms with Crippen LogP contribution < -0.4 is 0 Å². The van der Waals surface area contributed by atoms with Crippen LogP contribution in [0.15, 0.2) is 12.4 Å². The molecule has 90 valence electrons. The van der Waals surface area contributed by atoms with Gasteiger partial charge in [0.05, 0.1) is 6.20 Å². The van der Waals surface area contributed by atoms with E-state index in [1.54, 1.807) is 0 Å². The van der Waals surface area contributed by atoms with Crippen molar-refractivity contribution in [1.82, 2.24) is 14.7 Å². The third-order valence-corrected chi connectivity index (χ3v) is 3.32. The minimum atomic E-state index is 0.326. The standard InChI is InChI=1S/C12H21N3O/c1-2-15-10-12(7-13-15)9-14-5-3-11(8-14)4-6-16/h7,10-11,16H,2-6,8-9H2,1H3. The summed E-state index contributed by atoms with van der Waals surface area (Å²) >= 11 is 0. The fraction of sp³-hybridized carbons (Fsp3) is 0.750. The molecule has 16 heavy (non-hydrogen) atoms. The van der Waals surface area contributed by atoms with Gasteiger partial charge >= 0.3 is 0 Å². The second-order valence-electron chi connectivity index (χ2n) is 4.61. The zero-order valence-electron chi connectivity index (χ0n) is 9.97. The highest BCUT2D eigenvalue weighted by molar-refractivity contribution is 5.04. The van der Waals surface area contributed by atoms with E-state index in [0.29, 0.717) is 12.5 Å². The zero-order chi connectivity index (χ0) is 11.4. The van der Waals surface area contributed by atoms with Crippen molar-refractivity contribution in [2.75, 3.05) is 19.7 Å². The molecule has 1 fully saturated rings. The van der Waals surface area contributed by atoms with Crippen molar-refractivity contribution in [2.45, 2.75) is 32.9 Å². The van der Waals surface area contributed by atoms with E-state index in [1.807, 2.05) is 10.9 Å². The number of rotatable bonds is 5. The average molecular weight is 223 g/mol. The van der Waals surface area contributed by atoms with Crippen molar-refractivity contribution in [3.63, 3.8) is 0 Å². The quantitative estimate of drug-likeness (QED) is 0.813. The lowest BCUT2D eigenvalue weighted by atomic mass is 10.1. The van der Waals surface area contributed by atoms with Gasteiger partial charge in [0.1, 0.15) is 0 Å². The van der Waals surface area contributed by atoms with Gasteiger partial charge in [-0.15, -0.1) is 0 Å². The van der Waals surface area contributed by atoms with Crippen LogP contribution in [0.2, 0.25) is 0 Å². The smallest absolute Gasteiger partial charge is 0.0534 e. The Morgan fingerprint density at radius 3 is 3.12 bits per heavy atom. The van der Waals surface area contributed by atoms with Crippen LogP contribution in [0.5, 0.6) is 0 Å². The summed E-state index contributed by atoms with van der Waals surface area (Å²) in [6, 6.07) is 0. The molecular formula is C12H21N3O. The number of aromatic nitrogens is 2. The average Bonchev–Trinajstić information content (AvgIpc) is 2.89. The van der Waals surface area contributed by atoms with Gasteiger partial charge in [0.25, 0.3) is 0 Å². The molecule has 0 aliphatic carbocycles. The molecule has 4 heteroatoms. The molecule has 1 atom stereocenters. The fourth-order valence-electron chi connectivity index (χ4n) is 2.39. The number of likely N-dealkylation sites (tertiary alicyclic amines) is 1. The Balaban J connectivity index is 1.82. The molecule has 0 amide bonds. The summed E-state index contributed by atoms with van der Waals surface area (Å²) in [6.45, 7) is 6.64. The molecule has 1 aliphatic heterocycles. The Morgan fingerprint density at radius 1 is 1.56 bits per heavy atom. The van der Waals surface area contributed by atoms with Gasteiger partial charge in [-0.2, -0.15) is 5.10 Å². The van der Waals surface area contributed by atoms with E-state index in [4.69, 9.17) is 5.11 Å². The first kappa shape index (κ1) is 11.6. The van der Waals surface area contributed by atoms with E-state index in [-0.39, 0.29) is 0 Å². The van der Waals surface area contributed by atoms with Crippen LogP contribution in [-0.2, 0) is 13.1 Å². The first-order valence-electron chi connectivity index (χ1n) is 6.16. The van der Waals surface area contributed by atoms with E-state index in [1.165, 1.54) is 12.0 Å². The summed E-state index contributed by atoms with van der Waals surface area (Å²) < 4.78 is 1.97. The Kier molecular flexibility index (Phi) is 3.96. The topological polar surface area (TPSA) is 41.3 Å². The van der Waals surface area contributed by atoms with Crippen LogP contribution in [0.3, 0.4) is 0 Å². The molecular weight excluding hydrogens is 202 g/mol. The molecule has 1 aromatic rings. The van der Waals surface area contributed by atoms with Gasteiger partial charge in [-0.25, -0.2) is 0 Å². The Morgan fingerprint density at radius 2 is 2.44 bits per heavy atom. The van der Waals surface area contributed by atoms with Crippen LogP contribution in [-0.4, -0.2) is 39.5 Å².